The number of carbonyl (C=O) groups excluding carboxylic acids is 1. The molecule has 2 N–H and O–H groups in total. The number of amides is 1. The van der Waals surface area contributed by atoms with Crippen LogP contribution in [0.2, 0.25) is 0 Å². The van der Waals surface area contributed by atoms with Gasteiger partial charge in [-0.3, -0.25) is 5.32 Å². The molecule has 6 nitrogen and oxygen atoms in total. The smallest absolute Gasteiger partial charge is 0.412 e. The summed E-state index contributed by atoms with van der Waals surface area (Å²) in [5.41, 5.74) is 1.34. The molecule has 104 valence electrons. The lowest BCUT2D eigenvalue weighted by Gasteiger charge is -2.05. The molecule has 2 aromatic rings. The predicted molar refractivity (Wildman–Crippen MR) is 72.6 cm³/mol. The van der Waals surface area contributed by atoms with Crippen LogP contribution in [0.3, 0.4) is 0 Å². The fourth-order valence-corrected chi connectivity index (χ4v) is 1.72. The van der Waals surface area contributed by atoms with E-state index in [1.165, 1.54) is 16.8 Å². The number of hydrogen-bond donors (Lipinski definition) is 2. The fraction of sp³-hybridized carbons (Fsp3) is 0.143. The summed E-state index contributed by atoms with van der Waals surface area (Å²) in [6.45, 7) is 0.158. The molecule has 0 aliphatic heterocycles. The molecule has 1 heterocycles. The van der Waals surface area contributed by atoms with Crippen molar-refractivity contribution in [2.24, 2.45) is 7.05 Å². The van der Waals surface area contributed by atoms with Gasteiger partial charge in [-0.1, -0.05) is 30.3 Å². The van der Waals surface area contributed by atoms with E-state index in [-0.39, 0.29) is 12.3 Å². The average molecular weight is 274 g/mol. The van der Waals surface area contributed by atoms with Crippen LogP contribution < -0.4 is 5.32 Å². The molecule has 0 spiro atoms. The van der Waals surface area contributed by atoms with Gasteiger partial charge in [-0.25, -0.2) is 9.59 Å². The molecule has 0 aliphatic carbocycles. The van der Waals surface area contributed by atoms with Gasteiger partial charge in [0.2, 0.25) is 0 Å². The molecule has 0 atom stereocenters. The number of nitrogens with one attached hydrogen (secondary N) is 1. The molecule has 20 heavy (non-hydrogen) atoms. The van der Waals surface area contributed by atoms with Crippen molar-refractivity contribution in [2.75, 3.05) is 5.32 Å². The van der Waals surface area contributed by atoms with Gasteiger partial charge in [-0.15, -0.1) is 0 Å². The zero-order chi connectivity index (χ0) is 14.5. The Labute approximate surface area is 115 Å². The molecule has 6 heteroatoms. The summed E-state index contributed by atoms with van der Waals surface area (Å²) in [7, 11) is 1.59. The summed E-state index contributed by atoms with van der Waals surface area (Å²) in [6.07, 6.45) is 0.879. The van der Waals surface area contributed by atoms with Crippen LogP contribution in [0.4, 0.5) is 10.5 Å². The van der Waals surface area contributed by atoms with Gasteiger partial charge in [0.15, 0.2) is 0 Å². The molecule has 0 unspecified atom stereocenters. The Morgan fingerprint density at radius 2 is 2.00 bits per heavy atom. The van der Waals surface area contributed by atoms with Crippen molar-refractivity contribution in [2.45, 2.75) is 6.61 Å². The highest BCUT2D eigenvalue weighted by Gasteiger charge is 2.12. The van der Waals surface area contributed by atoms with Gasteiger partial charge >= 0.3 is 12.1 Å². The lowest BCUT2D eigenvalue weighted by Crippen LogP contribution is -2.13. The van der Waals surface area contributed by atoms with Crippen molar-refractivity contribution in [3.63, 3.8) is 0 Å². The zero-order valence-electron chi connectivity index (χ0n) is 10.9. The molecule has 0 aliphatic rings. The Bertz CT molecular complexity index is 619. The summed E-state index contributed by atoms with van der Waals surface area (Å²) < 4.78 is 6.45. The largest absolute Gasteiger partial charge is 0.477 e. The van der Waals surface area contributed by atoms with E-state index < -0.39 is 12.1 Å². The summed E-state index contributed by atoms with van der Waals surface area (Å²) in [5, 5.41) is 11.4. The number of aryl methyl sites for hydroxylation is 1. The van der Waals surface area contributed by atoms with Crippen molar-refractivity contribution >= 4 is 17.7 Å². The van der Waals surface area contributed by atoms with Crippen LogP contribution >= 0.6 is 0 Å². The monoisotopic (exact) mass is 274 g/mol. The first-order valence-corrected chi connectivity index (χ1v) is 5.93. The number of aromatic carboxylic acids is 1. The van der Waals surface area contributed by atoms with Gasteiger partial charge in [0.05, 0.1) is 5.69 Å². The maximum Gasteiger partial charge on any atom is 0.412 e. The van der Waals surface area contributed by atoms with Crippen molar-refractivity contribution in [1.82, 2.24) is 4.57 Å². The van der Waals surface area contributed by atoms with E-state index in [0.717, 1.165) is 5.56 Å². The van der Waals surface area contributed by atoms with Gasteiger partial charge in [0.25, 0.3) is 0 Å². The lowest BCUT2D eigenvalue weighted by atomic mass is 10.2. The maximum atomic E-state index is 11.6. The molecule has 1 aromatic carbocycles. The van der Waals surface area contributed by atoms with Crippen LogP contribution in [-0.2, 0) is 18.4 Å². The SMILES string of the molecule is Cn1cc(NC(=O)OCc2ccccc2)cc1C(=O)O. The molecular formula is C14H14N2O4. The third kappa shape index (κ3) is 3.38. The quantitative estimate of drug-likeness (QED) is 0.897. The summed E-state index contributed by atoms with van der Waals surface area (Å²) in [6, 6.07) is 10.6. The number of carbonyl (C=O) groups is 2. The highest BCUT2D eigenvalue weighted by atomic mass is 16.5. The van der Waals surface area contributed by atoms with Crippen LogP contribution in [-0.4, -0.2) is 21.7 Å². The number of benzene rings is 1. The van der Waals surface area contributed by atoms with Gasteiger partial charge in [-0.05, 0) is 11.6 Å². The number of aromatic nitrogens is 1. The van der Waals surface area contributed by atoms with Crippen molar-refractivity contribution in [3.8, 4) is 0 Å². The number of rotatable bonds is 4. The van der Waals surface area contributed by atoms with E-state index >= 15 is 0 Å². The number of ether oxygens (including phenoxy) is 1. The highest BCUT2D eigenvalue weighted by molar-refractivity contribution is 5.90. The summed E-state index contributed by atoms with van der Waals surface area (Å²) >= 11 is 0. The first kappa shape index (κ1) is 13.7. The Balaban J connectivity index is 1.92. The number of nitrogens with zero attached hydrogens (tertiary/aromatic N) is 1. The fourth-order valence-electron chi connectivity index (χ4n) is 1.72. The predicted octanol–water partition coefficient (Wildman–Crippen LogP) is 2.47. The van der Waals surface area contributed by atoms with Crippen LogP contribution in [0.5, 0.6) is 0 Å². The first-order valence-electron chi connectivity index (χ1n) is 5.93. The number of anilines is 1. The van der Waals surface area contributed by atoms with E-state index in [0.29, 0.717) is 5.69 Å². The van der Waals surface area contributed by atoms with Crippen molar-refractivity contribution < 1.29 is 19.4 Å². The Kier molecular flexibility index (Phi) is 4.05. The van der Waals surface area contributed by atoms with E-state index in [2.05, 4.69) is 5.32 Å². The van der Waals surface area contributed by atoms with Crippen molar-refractivity contribution in [3.05, 3.63) is 53.9 Å². The van der Waals surface area contributed by atoms with Crippen LogP contribution in [0, 0.1) is 0 Å². The number of carboxylic acids is 1. The molecule has 2 rings (SSSR count). The van der Waals surface area contributed by atoms with Crippen LogP contribution in [0.1, 0.15) is 16.1 Å². The lowest BCUT2D eigenvalue weighted by molar-refractivity contribution is 0.0686. The molecule has 1 aromatic heterocycles. The number of hydrogen-bond acceptors (Lipinski definition) is 3. The second kappa shape index (κ2) is 5.92. The maximum absolute atomic E-state index is 11.6. The van der Waals surface area contributed by atoms with Crippen molar-refractivity contribution in [1.29, 1.82) is 0 Å². The molecule has 1 amide bonds. The highest BCUT2D eigenvalue weighted by Crippen LogP contribution is 2.13. The second-order valence-corrected chi connectivity index (χ2v) is 4.22. The third-order valence-electron chi connectivity index (χ3n) is 2.68. The van der Waals surface area contributed by atoms with E-state index in [9.17, 15) is 9.59 Å². The summed E-state index contributed by atoms with van der Waals surface area (Å²) in [4.78, 5) is 22.5. The van der Waals surface area contributed by atoms with E-state index in [1.807, 2.05) is 30.3 Å². The molecular weight excluding hydrogens is 260 g/mol. The first-order chi connectivity index (χ1) is 9.56. The number of carboxylic acid groups (broad SMARTS) is 1. The molecule has 0 radical (unpaired) electrons. The zero-order valence-corrected chi connectivity index (χ0v) is 10.9. The van der Waals surface area contributed by atoms with Crippen LogP contribution in [0.25, 0.3) is 0 Å². The Morgan fingerprint density at radius 1 is 1.30 bits per heavy atom. The minimum Gasteiger partial charge on any atom is -0.477 e. The molecule has 0 fully saturated rings. The van der Waals surface area contributed by atoms with Gasteiger partial charge in [0.1, 0.15) is 12.3 Å². The molecule has 0 bridgehead atoms. The van der Waals surface area contributed by atoms with Crippen LogP contribution in [0.15, 0.2) is 42.6 Å². The topological polar surface area (TPSA) is 80.6 Å². The van der Waals surface area contributed by atoms with Gasteiger partial charge in [0, 0.05) is 13.2 Å². The molecule has 0 saturated carbocycles. The third-order valence-corrected chi connectivity index (χ3v) is 2.68. The standard InChI is InChI=1S/C14H14N2O4/c1-16-8-11(7-12(16)13(17)18)15-14(19)20-9-10-5-3-2-4-6-10/h2-8H,9H2,1H3,(H,15,19)(H,17,18). The van der Waals surface area contributed by atoms with E-state index in [1.54, 1.807) is 7.05 Å². The Hall–Kier alpha value is -2.76. The normalized spacial score (nSPS) is 10.1. The average Bonchev–Trinajstić information content (AvgIpc) is 2.78. The summed E-state index contributed by atoms with van der Waals surface area (Å²) in [5.74, 6) is -1.06. The minimum absolute atomic E-state index is 0.0864. The second-order valence-electron chi connectivity index (χ2n) is 4.22. The minimum atomic E-state index is -1.06. The molecule has 0 saturated heterocycles. The van der Waals surface area contributed by atoms with Gasteiger partial charge < -0.3 is 14.4 Å². The van der Waals surface area contributed by atoms with E-state index in [4.69, 9.17) is 9.84 Å². The van der Waals surface area contributed by atoms with Gasteiger partial charge in [-0.2, -0.15) is 0 Å². The Morgan fingerprint density at radius 3 is 2.60 bits per heavy atom.